The highest BCUT2D eigenvalue weighted by molar-refractivity contribution is 5.84. The van der Waals surface area contributed by atoms with Crippen molar-refractivity contribution >= 4 is 5.91 Å². The standard InChI is InChI=1S/C10H14F3N5O/c1-18-6-16-7(17-18)4-15-8(19)9(10(11,12)13)2-3-14-5-9/h6,14H,2-5H2,1H3,(H,15,19). The third-order valence-corrected chi connectivity index (χ3v) is 3.19. The first kappa shape index (κ1) is 13.8. The van der Waals surface area contributed by atoms with Crippen LogP contribution in [0.1, 0.15) is 12.2 Å². The number of nitrogens with one attached hydrogen (secondary N) is 2. The Bertz CT molecular complexity index is 464. The van der Waals surface area contributed by atoms with Crippen LogP contribution in [0.2, 0.25) is 0 Å². The number of hydrogen-bond acceptors (Lipinski definition) is 4. The van der Waals surface area contributed by atoms with Gasteiger partial charge in [-0.15, -0.1) is 0 Å². The van der Waals surface area contributed by atoms with Gasteiger partial charge < -0.3 is 10.6 Å². The largest absolute Gasteiger partial charge is 0.404 e. The highest BCUT2D eigenvalue weighted by Gasteiger charge is 2.61. The van der Waals surface area contributed by atoms with E-state index in [1.807, 2.05) is 0 Å². The third kappa shape index (κ3) is 2.55. The van der Waals surface area contributed by atoms with Crippen molar-refractivity contribution in [2.45, 2.75) is 19.1 Å². The fraction of sp³-hybridized carbons (Fsp3) is 0.700. The Morgan fingerprint density at radius 2 is 2.37 bits per heavy atom. The first-order valence-corrected chi connectivity index (χ1v) is 5.75. The normalized spacial score (nSPS) is 23.6. The van der Waals surface area contributed by atoms with Gasteiger partial charge in [-0.1, -0.05) is 0 Å². The second-order valence-corrected chi connectivity index (χ2v) is 4.52. The molecule has 0 saturated carbocycles. The minimum atomic E-state index is -4.57. The minimum Gasteiger partial charge on any atom is -0.348 e. The molecule has 0 radical (unpaired) electrons. The Morgan fingerprint density at radius 1 is 1.63 bits per heavy atom. The molecule has 1 aliphatic heterocycles. The molecule has 1 aliphatic rings. The average molecular weight is 277 g/mol. The Hall–Kier alpha value is -1.64. The summed E-state index contributed by atoms with van der Waals surface area (Å²) in [6.45, 7) is -0.329. The molecule has 1 aromatic heterocycles. The Labute approximate surface area is 107 Å². The molecule has 1 amide bonds. The summed E-state index contributed by atoms with van der Waals surface area (Å²) in [6, 6.07) is 0. The minimum absolute atomic E-state index is 0.114. The second-order valence-electron chi connectivity index (χ2n) is 4.52. The summed E-state index contributed by atoms with van der Waals surface area (Å²) in [6.07, 6.45) is -3.41. The topological polar surface area (TPSA) is 71.8 Å². The molecule has 6 nitrogen and oxygen atoms in total. The van der Waals surface area contributed by atoms with E-state index in [-0.39, 0.29) is 25.3 Å². The van der Waals surface area contributed by atoms with Crippen molar-refractivity contribution < 1.29 is 18.0 Å². The Morgan fingerprint density at radius 3 is 2.84 bits per heavy atom. The lowest BCUT2D eigenvalue weighted by molar-refractivity contribution is -0.216. The highest BCUT2D eigenvalue weighted by atomic mass is 19.4. The smallest absolute Gasteiger partial charge is 0.348 e. The highest BCUT2D eigenvalue weighted by Crippen LogP contribution is 2.43. The molecular formula is C10H14F3N5O. The molecule has 2 N–H and O–H groups in total. The molecule has 0 bridgehead atoms. The van der Waals surface area contributed by atoms with Crippen LogP contribution in [0.3, 0.4) is 0 Å². The summed E-state index contributed by atoms with van der Waals surface area (Å²) in [7, 11) is 1.64. The van der Waals surface area contributed by atoms with Gasteiger partial charge in [-0.2, -0.15) is 18.3 Å². The predicted octanol–water partition coefficient (Wildman–Crippen LogP) is -0.0267. The van der Waals surface area contributed by atoms with Gasteiger partial charge in [-0.05, 0) is 13.0 Å². The van der Waals surface area contributed by atoms with Crippen molar-refractivity contribution in [3.63, 3.8) is 0 Å². The van der Waals surface area contributed by atoms with Crippen LogP contribution in [0.4, 0.5) is 13.2 Å². The Kier molecular flexibility index (Phi) is 3.48. The molecule has 19 heavy (non-hydrogen) atoms. The molecule has 0 aliphatic carbocycles. The van der Waals surface area contributed by atoms with E-state index in [0.717, 1.165) is 0 Å². The van der Waals surface area contributed by atoms with E-state index in [1.165, 1.54) is 11.0 Å². The molecule has 106 valence electrons. The third-order valence-electron chi connectivity index (χ3n) is 3.19. The lowest BCUT2D eigenvalue weighted by Gasteiger charge is -2.29. The zero-order valence-electron chi connectivity index (χ0n) is 10.3. The van der Waals surface area contributed by atoms with E-state index in [2.05, 4.69) is 20.7 Å². The van der Waals surface area contributed by atoms with Crippen molar-refractivity contribution in [2.24, 2.45) is 12.5 Å². The van der Waals surface area contributed by atoms with Gasteiger partial charge in [0.05, 0.1) is 6.54 Å². The molecule has 0 spiro atoms. The number of amides is 1. The van der Waals surface area contributed by atoms with Crippen LogP contribution in [0.25, 0.3) is 0 Å². The zero-order valence-corrected chi connectivity index (χ0v) is 10.3. The molecule has 1 unspecified atom stereocenters. The number of hydrogen-bond donors (Lipinski definition) is 2. The van der Waals surface area contributed by atoms with Crippen molar-refractivity contribution in [1.29, 1.82) is 0 Å². The van der Waals surface area contributed by atoms with E-state index < -0.39 is 24.0 Å². The van der Waals surface area contributed by atoms with E-state index in [1.54, 1.807) is 7.05 Å². The SMILES string of the molecule is Cn1cnc(CNC(=O)C2(C(F)(F)F)CCNC2)n1. The number of carbonyl (C=O) groups excluding carboxylic acids is 1. The molecule has 1 fully saturated rings. The van der Waals surface area contributed by atoms with Crippen molar-refractivity contribution in [2.75, 3.05) is 13.1 Å². The van der Waals surface area contributed by atoms with Crippen molar-refractivity contribution in [3.05, 3.63) is 12.2 Å². The van der Waals surface area contributed by atoms with Crippen LogP contribution in [0, 0.1) is 5.41 Å². The molecule has 2 heterocycles. The number of alkyl halides is 3. The quantitative estimate of drug-likeness (QED) is 0.814. The van der Waals surface area contributed by atoms with Gasteiger partial charge in [-0.25, -0.2) is 4.98 Å². The first-order valence-electron chi connectivity index (χ1n) is 5.75. The maximum Gasteiger partial charge on any atom is 0.404 e. The van der Waals surface area contributed by atoms with Gasteiger partial charge in [-0.3, -0.25) is 9.48 Å². The van der Waals surface area contributed by atoms with E-state index >= 15 is 0 Å². The van der Waals surface area contributed by atoms with Gasteiger partial charge in [0.25, 0.3) is 0 Å². The van der Waals surface area contributed by atoms with Crippen molar-refractivity contribution in [3.8, 4) is 0 Å². The van der Waals surface area contributed by atoms with Gasteiger partial charge in [0.15, 0.2) is 11.2 Å². The summed E-state index contributed by atoms with van der Waals surface area (Å²) >= 11 is 0. The summed E-state index contributed by atoms with van der Waals surface area (Å²) in [4.78, 5) is 15.7. The van der Waals surface area contributed by atoms with E-state index in [4.69, 9.17) is 0 Å². The van der Waals surface area contributed by atoms with Gasteiger partial charge in [0.2, 0.25) is 5.91 Å². The monoisotopic (exact) mass is 277 g/mol. The zero-order chi connectivity index (χ0) is 14.1. The van der Waals surface area contributed by atoms with Crippen LogP contribution >= 0.6 is 0 Å². The van der Waals surface area contributed by atoms with Crippen LogP contribution in [0.15, 0.2) is 6.33 Å². The van der Waals surface area contributed by atoms with Crippen LogP contribution in [-0.4, -0.2) is 39.9 Å². The number of aryl methyl sites for hydroxylation is 1. The molecule has 1 aromatic rings. The molecule has 1 saturated heterocycles. The van der Waals surface area contributed by atoms with Crippen molar-refractivity contribution in [1.82, 2.24) is 25.4 Å². The van der Waals surface area contributed by atoms with Gasteiger partial charge in [0.1, 0.15) is 6.33 Å². The summed E-state index contributed by atoms with van der Waals surface area (Å²) in [5.41, 5.74) is -2.35. The van der Waals surface area contributed by atoms with Crippen LogP contribution in [0.5, 0.6) is 0 Å². The number of halogens is 3. The molecule has 1 atom stereocenters. The lowest BCUT2D eigenvalue weighted by atomic mass is 9.85. The maximum atomic E-state index is 13.1. The number of aromatic nitrogens is 3. The van der Waals surface area contributed by atoms with Gasteiger partial charge >= 0.3 is 6.18 Å². The molecule has 2 rings (SSSR count). The predicted molar refractivity (Wildman–Crippen MR) is 58.8 cm³/mol. The number of carbonyl (C=O) groups is 1. The summed E-state index contributed by atoms with van der Waals surface area (Å²) in [5, 5.41) is 8.74. The van der Waals surface area contributed by atoms with Crippen LogP contribution in [-0.2, 0) is 18.4 Å². The second kappa shape index (κ2) is 4.80. The maximum absolute atomic E-state index is 13.1. The average Bonchev–Trinajstić information content (AvgIpc) is 2.94. The van der Waals surface area contributed by atoms with Crippen LogP contribution < -0.4 is 10.6 Å². The summed E-state index contributed by atoms with van der Waals surface area (Å²) < 4.78 is 40.6. The molecule has 0 aromatic carbocycles. The molecule has 9 heteroatoms. The lowest BCUT2D eigenvalue weighted by Crippen LogP contribution is -2.52. The van der Waals surface area contributed by atoms with E-state index in [0.29, 0.717) is 0 Å². The molecular weight excluding hydrogens is 263 g/mol. The number of rotatable bonds is 3. The van der Waals surface area contributed by atoms with E-state index in [9.17, 15) is 18.0 Å². The number of nitrogens with zero attached hydrogens (tertiary/aromatic N) is 3. The fourth-order valence-electron chi connectivity index (χ4n) is 2.05. The van der Waals surface area contributed by atoms with Gasteiger partial charge in [0, 0.05) is 13.6 Å². The fourth-order valence-corrected chi connectivity index (χ4v) is 2.05. The first-order chi connectivity index (χ1) is 8.85. The summed E-state index contributed by atoms with van der Waals surface area (Å²) in [5.74, 6) is -0.753. The Balaban J connectivity index is 2.05.